The van der Waals surface area contributed by atoms with Crippen LogP contribution in [-0.4, -0.2) is 5.11 Å². The van der Waals surface area contributed by atoms with Gasteiger partial charge in [0.2, 0.25) is 0 Å². The van der Waals surface area contributed by atoms with Crippen molar-refractivity contribution < 1.29 is 9.50 Å². The van der Waals surface area contributed by atoms with Gasteiger partial charge < -0.3 is 5.11 Å². The average Bonchev–Trinajstić information content (AvgIpc) is 2.33. The smallest absolute Gasteiger partial charge is 0.142 e. The second kappa shape index (κ2) is 5.94. The minimum absolute atomic E-state index is 0.0916. The first-order chi connectivity index (χ1) is 9.40. The summed E-state index contributed by atoms with van der Waals surface area (Å²) >= 11 is 5.94. The SMILES string of the molecule is Cc1cc(C)c(C(O)Cc2cccc(F)c2Cl)c(C)c1. The van der Waals surface area contributed by atoms with E-state index in [4.69, 9.17) is 11.6 Å². The van der Waals surface area contributed by atoms with Crippen LogP contribution in [0.5, 0.6) is 0 Å². The fraction of sp³-hybridized carbons (Fsp3) is 0.294. The molecule has 106 valence electrons. The highest BCUT2D eigenvalue weighted by molar-refractivity contribution is 6.31. The maximum atomic E-state index is 13.4. The first kappa shape index (κ1) is 15.0. The molecule has 3 heteroatoms. The van der Waals surface area contributed by atoms with Crippen molar-refractivity contribution in [1.29, 1.82) is 0 Å². The monoisotopic (exact) mass is 292 g/mol. The first-order valence-corrected chi connectivity index (χ1v) is 6.96. The van der Waals surface area contributed by atoms with E-state index < -0.39 is 11.9 Å². The molecule has 20 heavy (non-hydrogen) atoms. The summed E-state index contributed by atoms with van der Waals surface area (Å²) < 4.78 is 13.4. The van der Waals surface area contributed by atoms with Gasteiger partial charge in [0.15, 0.2) is 0 Å². The summed E-state index contributed by atoms with van der Waals surface area (Å²) in [6, 6.07) is 8.75. The zero-order valence-corrected chi connectivity index (χ0v) is 12.6. The molecule has 2 rings (SSSR count). The summed E-state index contributed by atoms with van der Waals surface area (Å²) in [5.74, 6) is -0.450. The van der Waals surface area contributed by atoms with Gasteiger partial charge in [0.25, 0.3) is 0 Å². The second-order valence-electron chi connectivity index (χ2n) is 5.25. The Morgan fingerprint density at radius 1 is 1.15 bits per heavy atom. The van der Waals surface area contributed by atoms with Crippen molar-refractivity contribution in [1.82, 2.24) is 0 Å². The lowest BCUT2D eigenvalue weighted by Crippen LogP contribution is -2.07. The fourth-order valence-electron chi connectivity index (χ4n) is 2.73. The van der Waals surface area contributed by atoms with E-state index in [2.05, 4.69) is 0 Å². The number of hydrogen-bond acceptors (Lipinski definition) is 1. The minimum atomic E-state index is -0.685. The Hall–Kier alpha value is -1.38. The molecule has 2 aromatic rings. The average molecular weight is 293 g/mol. The van der Waals surface area contributed by atoms with Gasteiger partial charge in [-0.25, -0.2) is 4.39 Å². The summed E-state index contributed by atoms with van der Waals surface area (Å²) in [6.45, 7) is 5.98. The molecule has 0 heterocycles. The molecule has 0 bridgehead atoms. The molecule has 1 unspecified atom stereocenters. The van der Waals surface area contributed by atoms with E-state index in [1.807, 2.05) is 32.9 Å². The van der Waals surface area contributed by atoms with Crippen LogP contribution in [0.15, 0.2) is 30.3 Å². The molecule has 1 atom stereocenters. The van der Waals surface area contributed by atoms with Crippen molar-refractivity contribution >= 4 is 11.6 Å². The number of benzene rings is 2. The van der Waals surface area contributed by atoms with Crippen molar-refractivity contribution in [2.45, 2.75) is 33.3 Å². The molecule has 0 saturated carbocycles. The van der Waals surface area contributed by atoms with E-state index in [-0.39, 0.29) is 5.02 Å². The maximum Gasteiger partial charge on any atom is 0.142 e. The molecule has 1 nitrogen and oxygen atoms in total. The Balaban J connectivity index is 2.33. The van der Waals surface area contributed by atoms with Crippen molar-refractivity contribution in [2.24, 2.45) is 0 Å². The Bertz CT molecular complexity index is 614. The van der Waals surface area contributed by atoms with Gasteiger partial charge in [0.1, 0.15) is 5.82 Å². The Labute approximate surface area is 124 Å². The number of halogens is 2. The first-order valence-electron chi connectivity index (χ1n) is 6.59. The van der Waals surface area contributed by atoms with Gasteiger partial charge in [-0.05, 0) is 49.1 Å². The fourth-order valence-corrected chi connectivity index (χ4v) is 2.94. The third kappa shape index (κ3) is 3.02. The number of rotatable bonds is 3. The van der Waals surface area contributed by atoms with E-state index >= 15 is 0 Å². The highest BCUT2D eigenvalue weighted by Crippen LogP contribution is 2.29. The summed E-state index contributed by atoms with van der Waals surface area (Å²) in [6.07, 6.45) is -0.378. The van der Waals surface area contributed by atoms with Crippen LogP contribution in [0, 0.1) is 26.6 Å². The molecule has 0 aliphatic heterocycles. The summed E-state index contributed by atoms with van der Waals surface area (Å²) in [4.78, 5) is 0. The van der Waals surface area contributed by atoms with Crippen LogP contribution >= 0.6 is 11.6 Å². The number of aryl methyl sites for hydroxylation is 3. The molecule has 0 aliphatic carbocycles. The third-order valence-corrected chi connectivity index (χ3v) is 3.94. The predicted molar refractivity (Wildman–Crippen MR) is 80.7 cm³/mol. The summed E-state index contributed by atoms with van der Waals surface area (Å²) in [5.41, 5.74) is 4.78. The normalized spacial score (nSPS) is 12.5. The zero-order chi connectivity index (χ0) is 14.9. The maximum absolute atomic E-state index is 13.4. The van der Waals surface area contributed by atoms with Gasteiger partial charge in [-0.2, -0.15) is 0 Å². The van der Waals surface area contributed by atoms with E-state index in [0.717, 1.165) is 16.7 Å². The van der Waals surface area contributed by atoms with Crippen LogP contribution < -0.4 is 0 Å². The molecule has 0 amide bonds. The van der Waals surface area contributed by atoms with Crippen molar-refractivity contribution in [3.8, 4) is 0 Å². The van der Waals surface area contributed by atoms with E-state index in [0.29, 0.717) is 12.0 Å². The molecular formula is C17H18ClFO. The van der Waals surface area contributed by atoms with Crippen LogP contribution in [0.2, 0.25) is 5.02 Å². The Morgan fingerprint density at radius 2 is 1.75 bits per heavy atom. The lowest BCUT2D eigenvalue weighted by atomic mass is 9.92. The third-order valence-electron chi connectivity index (χ3n) is 3.52. The van der Waals surface area contributed by atoms with E-state index in [1.54, 1.807) is 12.1 Å². The highest BCUT2D eigenvalue weighted by atomic mass is 35.5. The van der Waals surface area contributed by atoms with E-state index in [1.165, 1.54) is 11.6 Å². The lowest BCUT2D eigenvalue weighted by molar-refractivity contribution is 0.177. The van der Waals surface area contributed by atoms with Crippen LogP contribution in [0.1, 0.15) is 33.9 Å². The van der Waals surface area contributed by atoms with Crippen molar-refractivity contribution in [3.05, 3.63) is 69.0 Å². The van der Waals surface area contributed by atoms with Crippen LogP contribution in [0.3, 0.4) is 0 Å². The van der Waals surface area contributed by atoms with Gasteiger partial charge in [-0.3, -0.25) is 0 Å². The largest absolute Gasteiger partial charge is 0.388 e. The minimum Gasteiger partial charge on any atom is -0.388 e. The molecule has 0 saturated heterocycles. The molecular weight excluding hydrogens is 275 g/mol. The molecule has 2 aromatic carbocycles. The molecule has 0 radical (unpaired) electrons. The zero-order valence-electron chi connectivity index (χ0n) is 11.9. The van der Waals surface area contributed by atoms with Crippen LogP contribution in [-0.2, 0) is 6.42 Å². The van der Waals surface area contributed by atoms with Gasteiger partial charge in [0.05, 0.1) is 11.1 Å². The lowest BCUT2D eigenvalue weighted by Gasteiger charge is -2.18. The highest BCUT2D eigenvalue weighted by Gasteiger charge is 2.16. The molecule has 0 aliphatic rings. The standard InChI is InChI=1S/C17H18ClFO/c1-10-7-11(2)16(12(3)8-10)15(20)9-13-5-4-6-14(19)17(13)18/h4-8,15,20H,9H2,1-3H3. The van der Waals surface area contributed by atoms with Crippen LogP contribution in [0.25, 0.3) is 0 Å². The van der Waals surface area contributed by atoms with Crippen molar-refractivity contribution in [2.75, 3.05) is 0 Å². The summed E-state index contributed by atoms with van der Waals surface area (Å²) in [7, 11) is 0. The predicted octanol–water partition coefficient (Wildman–Crippen LogP) is 4.68. The Kier molecular flexibility index (Phi) is 4.46. The van der Waals surface area contributed by atoms with E-state index in [9.17, 15) is 9.50 Å². The molecule has 0 fully saturated rings. The van der Waals surface area contributed by atoms with Gasteiger partial charge >= 0.3 is 0 Å². The number of hydrogen-bond donors (Lipinski definition) is 1. The number of aliphatic hydroxyl groups is 1. The summed E-state index contributed by atoms with van der Waals surface area (Å²) in [5, 5.41) is 10.6. The van der Waals surface area contributed by atoms with Crippen molar-refractivity contribution in [3.63, 3.8) is 0 Å². The Morgan fingerprint density at radius 3 is 2.35 bits per heavy atom. The molecule has 1 N–H and O–H groups in total. The molecule has 0 spiro atoms. The van der Waals surface area contributed by atoms with Gasteiger partial charge in [-0.15, -0.1) is 0 Å². The molecule has 0 aromatic heterocycles. The topological polar surface area (TPSA) is 20.2 Å². The quantitative estimate of drug-likeness (QED) is 0.871. The number of aliphatic hydroxyl groups excluding tert-OH is 1. The second-order valence-corrected chi connectivity index (χ2v) is 5.62. The van der Waals surface area contributed by atoms with Gasteiger partial charge in [-0.1, -0.05) is 41.4 Å². The van der Waals surface area contributed by atoms with Crippen LogP contribution in [0.4, 0.5) is 4.39 Å². The van der Waals surface area contributed by atoms with Gasteiger partial charge in [0, 0.05) is 6.42 Å².